The van der Waals surface area contributed by atoms with Crippen molar-refractivity contribution in [3.63, 3.8) is 0 Å². The SMILES string of the molecule is CC.Cc1ccc2cc(NC(=O)C3CC3)ccc2c1.[HH]. The minimum atomic E-state index is 0. The van der Waals surface area contributed by atoms with Crippen molar-refractivity contribution in [1.29, 1.82) is 0 Å². The second kappa shape index (κ2) is 5.87. The van der Waals surface area contributed by atoms with Gasteiger partial charge in [-0.3, -0.25) is 4.79 Å². The Hall–Kier alpha value is -1.83. The number of carbonyl (C=O) groups excluding carboxylic acids is 1. The highest BCUT2D eigenvalue weighted by Crippen LogP contribution is 2.30. The van der Waals surface area contributed by atoms with Crippen molar-refractivity contribution in [3.05, 3.63) is 42.0 Å². The van der Waals surface area contributed by atoms with E-state index in [4.69, 9.17) is 0 Å². The monoisotopic (exact) mass is 257 g/mol. The van der Waals surface area contributed by atoms with Gasteiger partial charge in [-0.2, -0.15) is 0 Å². The lowest BCUT2D eigenvalue weighted by Gasteiger charge is -2.06. The third kappa shape index (κ3) is 3.34. The van der Waals surface area contributed by atoms with Crippen molar-refractivity contribution in [2.75, 3.05) is 5.32 Å². The van der Waals surface area contributed by atoms with E-state index in [0.29, 0.717) is 0 Å². The van der Waals surface area contributed by atoms with Gasteiger partial charge < -0.3 is 5.32 Å². The summed E-state index contributed by atoms with van der Waals surface area (Å²) < 4.78 is 0. The van der Waals surface area contributed by atoms with Gasteiger partial charge >= 0.3 is 0 Å². The molecule has 0 unspecified atom stereocenters. The first-order valence-corrected chi connectivity index (χ1v) is 7.04. The Balaban J connectivity index is 0.000000639. The standard InChI is InChI=1S/C15H15NO.C2H6.H2/c1-10-2-3-13-9-14(7-6-12(13)8-10)16-15(17)11-4-5-11;1-2;/h2-3,6-9,11H,4-5H2,1H3,(H,16,17);1-2H3;1H. The lowest BCUT2D eigenvalue weighted by Crippen LogP contribution is -2.12. The molecule has 0 aromatic heterocycles. The Morgan fingerprint density at radius 3 is 2.42 bits per heavy atom. The minimum absolute atomic E-state index is 0. The zero-order valence-corrected chi connectivity index (χ0v) is 11.9. The Labute approximate surface area is 116 Å². The summed E-state index contributed by atoms with van der Waals surface area (Å²) in [5.74, 6) is 0.417. The van der Waals surface area contributed by atoms with Crippen LogP contribution in [0, 0.1) is 12.8 Å². The summed E-state index contributed by atoms with van der Waals surface area (Å²) in [6.07, 6.45) is 2.08. The average Bonchev–Trinajstić information content (AvgIpc) is 3.26. The summed E-state index contributed by atoms with van der Waals surface area (Å²) in [6, 6.07) is 12.4. The number of nitrogens with one attached hydrogen (secondary N) is 1. The van der Waals surface area contributed by atoms with Crippen molar-refractivity contribution in [2.24, 2.45) is 5.92 Å². The number of benzene rings is 2. The number of rotatable bonds is 2. The highest BCUT2D eigenvalue weighted by Gasteiger charge is 2.29. The minimum Gasteiger partial charge on any atom is -0.326 e. The molecule has 1 amide bonds. The van der Waals surface area contributed by atoms with E-state index >= 15 is 0 Å². The molecule has 1 fully saturated rings. The van der Waals surface area contributed by atoms with E-state index in [-0.39, 0.29) is 13.3 Å². The maximum absolute atomic E-state index is 11.7. The number of hydrogen-bond acceptors (Lipinski definition) is 1. The smallest absolute Gasteiger partial charge is 0.227 e. The Morgan fingerprint density at radius 2 is 1.74 bits per heavy atom. The van der Waals surface area contributed by atoms with E-state index in [1.54, 1.807) is 0 Å². The van der Waals surface area contributed by atoms with Crippen molar-refractivity contribution >= 4 is 22.4 Å². The van der Waals surface area contributed by atoms with Gasteiger partial charge in [0, 0.05) is 13.0 Å². The number of carbonyl (C=O) groups is 1. The molecule has 1 aliphatic rings. The second-order valence-corrected chi connectivity index (χ2v) is 4.83. The molecule has 0 spiro atoms. The Bertz CT molecular complexity index is 591. The Kier molecular flexibility index (Phi) is 4.20. The molecule has 0 atom stereocenters. The molecule has 2 heteroatoms. The van der Waals surface area contributed by atoms with Crippen molar-refractivity contribution in [3.8, 4) is 0 Å². The van der Waals surface area contributed by atoms with Crippen LogP contribution in [0.3, 0.4) is 0 Å². The molecule has 0 heterocycles. The fraction of sp³-hybridized carbons (Fsp3) is 0.353. The van der Waals surface area contributed by atoms with Gasteiger partial charge in [-0.1, -0.05) is 43.7 Å². The van der Waals surface area contributed by atoms with Gasteiger partial charge in [0.15, 0.2) is 0 Å². The van der Waals surface area contributed by atoms with Crippen LogP contribution >= 0.6 is 0 Å². The highest BCUT2D eigenvalue weighted by atomic mass is 16.2. The van der Waals surface area contributed by atoms with Gasteiger partial charge in [0.05, 0.1) is 0 Å². The van der Waals surface area contributed by atoms with Crippen LogP contribution in [-0.2, 0) is 4.79 Å². The van der Waals surface area contributed by atoms with Crippen LogP contribution < -0.4 is 5.32 Å². The fourth-order valence-electron chi connectivity index (χ4n) is 2.03. The molecule has 2 aromatic rings. The lowest BCUT2D eigenvalue weighted by molar-refractivity contribution is -0.117. The van der Waals surface area contributed by atoms with E-state index in [1.807, 2.05) is 26.0 Å². The van der Waals surface area contributed by atoms with Gasteiger partial charge in [0.2, 0.25) is 5.91 Å². The fourth-order valence-corrected chi connectivity index (χ4v) is 2.03. The first-order chi connectivity index (χ1) is 9.22. The zero-order chi connectivity index (χ0) is 13.8. The van der Waals surface area contributed by atoms with Crippen LogP contribution in [0.4, 0.5) is 5.69 Å². The molecule has 0 radical (unpaired) electrons. The molecule has 1 N–H and O–H groups in total. The molecule has 19 heavy (non-hydrogen) atoms. The normalized spacial score (nSPS) is 13.6. The quantitative estimate of drug-likeness (QED) is 0.825. The first-order valence-electron chi connectivity index (χ1n) is 7.04. The molecular formula is C17H23NO. The number of fused-ring (bicyclic) bond motifs is 1. The van der Waals surface area contributed by atoms with Crippen molar-refractivity contribution in [2.45, 2.75) is 33.6 Å². The van der Waals surface area contributed by atoms with E-state index in [2.05, 4.69) is 36.5 Å². The molecule has 1 aliphatic carbocycles. The van der Waals surface area contributed by atoms with Gasteiger partial charge in [-0.15, -0.1) is 0 Å². The van der Waals surface area contributed by atoms with Crippen LogP contribution in [0.5, 0.6) is 0 Å². The molecular weight excluding hydrogens is 234 g/mol. The molecule has 2 aromatic carbocycles. The largest absolute Gasteiger partial charge is 0.326 e. The van der Waals surface area contributed by atoms with Gasteiger partial charge in [0.1, 0.15) is 0 Å². The summed E-state index contributed by atoms with van der Waals surface area (Å²) in [6.45, 7) is 6.09. The first kappa shape index (κ1) is 13.6. The van der Waals surface area contributed by atoms with E-state index in [1.165, 1.54) is 16.3 Å². The van der Waals surface area contributed by atoms with Crippen LogP contribution in [-0.4, -0.2) is 5.91 Å². The topological polar surface area (TPSA) is 29.1 Å². The van der Waals surface area contributed by atoms with Crippen molar-refractivity contribution < 1.29 is 6.22 Å². The van der Waals surface area contributed by atoms with Gasteiger partial charge in [0.25, 0.3) is 0 Å². The van der Waals surface area contributed by atoms with E-state index in [0.717, 1.165) is 18.5 Å². The molecule has 0 aliphatic heterocycles. The molecule has 3 rings (SSSR count). The molecule has 2 nitrogen and oxygen atoms in total. The second-order valence-electron chi connectivity index (χ2n) is 4.83. The third-order valence-electron chi connectivity index (χ3n) is 3.21. The summed E-state index contributed by atoms with van der Waals surface area (Å²) in [5.41, 5.74) is 2.16. The van der Waals surface area contributed by atoms with Crippen LogP contribution in [0.25, 0.3) is 10.8 Å². The van der Waals surface area contributed by atoms with Crippen LogP contribution in [0.1, 0.15) is 33.7 Å². The number of amides is 1. The number of hydrogen-bond donors (Lipinski definition) is 1. The summed E-state index contributed by atoms with van der Waals surface area (Å²) in [4.78, 5) is 11.7. The number of aryl methyl sites for hydroxylation is 1. The predicted octanol–water partition coefficient (Wildman–Crippen LogP) is 4.77. The third-order valence-corrected chi connectivity index (χ3v) is 3.21. The molecule has 102 valence electrons. The lowest BCUT2D eigenvalue weighted by atomic mass is 10.1. The molecule has 1 saturated carbocycles. The highest BCUT2D eigenvalue weighted by molar-refractivity contribution is 5.96. The van der Waals surface area contributed by atoms with E-state index in [9.17, 15) is 4.79 Å². The predicted molar refractivity (Wildman–Crippen MR) is 83.5 cm³/mol. The van der Waals surface area contributed by atoms with E-state index < -0.39 is 0 Å². The van der Waals surface area contributed by atoms with Crippen LogP contribution in [0.15, 0.2) is 36.4 Å². The maximum atomic E-state index is 11.7. The Morgan fingerprint density at radius 1 is 1.11 bits per heavy atom. The van der Waals surface area contributed by atoms with Gasteiger partial charge in [-0.05, 0) is 42.7 Å². The summed E-state index contributed by atoms with van der Waals surface area (Å²) >= 11 is 0. The van der Waals surface area contributed by atoms with Crippen molar-refractivity contribution in [1.82, 2.24) is 0 Å². The van der Waals surface area contributed by atoms with Crippen LogP contribution in [0.2, 0.25) is 0 Å². The maximum Gasteiger partial charge on any atom is 0.227 e. The van der Waals surface area contributed by atoms with Gasteiger partial charge in [-0.25, -0.2) is 0 Å². The summed E-state index contributed by atoms with van der Waals surface area (Å²) in [7, 11) is 0. The summed E-state index contributed by atoms with van der Waals surface area (Å²) in [5, 5.41) is 5.36. The average molecular weight is 257 g/mol. The number of anilines is 1. The molecule has 0 saturated heterocycles. The zero-order valence-electron chi connectivity index (χ0n) is 11.9. The molecule has 0 bridgehead atoms.